The molecule has 0 aromatic heterocycles. The molecular weight excluding hydrogens is 266 g/mol. The predicted octanol–water partition coefficient (Wildman–Crippen LogP) is 3.65. The van der Waals surface area contributed by atoms with Crippen molar-refractivity contribution in [3.63, 3.8) is 0 Å². The van der Waals surface area contributed by atoms with Crippen molar-refractivity contribution in [3.05, 3.63) is 59.2 Å². The van der Waals surface area contributed by atoms with Crippen molar-refractivity contribution in [2.45, 2.75) is 6.92 Å². The summed E-state index contributed by atoms with van der Waals surface area (Å²) in [6.45, 7) is 1.77. The lowest BCUT2D eigenvalue weighted by atomic mass is 10.1. The summed E-state index contributed by atoms with van der Waals surface area (Å²) in [5.41, 5.74) is 7.32. The Balaban J connectivity index is 2.43. The van der Waals surface area contributed by atoms with Crippen LogP contribution in [-0.4, -0.2) is 4.99 Å². The van der Waals surface area contributed by atoms with Gasteiger partial charge < -0.3 is 11.1 Å². The molecule has 3 N–H and O–H groups in total. The Hall–Kier alpha value is -2.01. The lowest BCUT2D eigenvalue weighted by molar-refractivity contribution is 0.626. The van der Waals surface area contributed by atoms with Crippen molar-refractivity contribution in [1.82, 2.24) is 0 Å². The molecule has 0 unspecified atom stereocenters. The van der Waals surface area contributed by atoms with E-state index in [1.807, 2.05) is 0 Å². The maximum atomic E-state index is 13.7. The molecule has 0 bridgehead atoms. The van der Waals surface area contributed by atoms with Gasteiger partial charge in [-0.25, -0.2) is 8.78 Å². The fourth-order valence-electron chi connectivity index (χ4n) is 1.84. The van der Waals surface area contributed by atoms with Crippen molar-refractivity contribution >= 4 is 28.6 Å². The number of aryl methyl sites for hydroxylation is 1. The first-order valence-corrected chi connectivity index (χ1v) is 6.01. The molecule has 0 aliphatic carbocycles. The van der Waals surface area contributed by atoms with Crippen molar-refractivity contribution in [3.8, 4) is 0 Å². The van der Waals surface area contributed by atoms with Crippen LogP contribution in [0.25, 0.3) is 0 Å². The molecule has 98 valence electrons. The molecule has 2 nitrogen and oxygen atoms in total. The second-order valence-corrected chi connectivity index (χ2v) is 4.61. The minimum absolute atomic E-state index is 0.0475. The van der Waals surface area contributed by atoms with Gasteiger partial charge in [-0.15, -0.1) is 0 Å². The SMILES string of the molecule is Cc1cc(F)cc(Nc2cccc(F)c2C(N)=S)c1. The zero-order valence-electron chi connectivity index (χ0n) is 10.2. The maximum Gasteiger partial charge on any atom is 0.135 e. The lowest BCUT2D eigenvalue weighted by Crippen LogP contribution is -2.14. The van der Waals surface area contributed by atoms with Crippen LogP contribution in [0.15, 0.2) is 36.4 Å². The zero-order chi connectivity index (χ0) is 14.0. The van der Waals surface area contributed by atoms with Crippen molar-refractivity contribution < 1.29 is 8.78 Å². The van der Waals surface area contributed by atoms with Crippen LogP contribution >= 0.6 is 12.2 Å². The van der Waals surface area contributed by atoms with Crippen LogP contribution in [0, 0.1) is 18.6 Å². The summed E-state index contributed by atoms with van der Waals surface area (Å²) in [6, 6.07) is 8.92. The number of nitrogens with one attached hydrogen (secondary N) is 1. The van der Waals surface area contributed by atoms with Crippen molar-refractivity contribution in [2.24, 2.45) is 5.73 Å². The van der Waals surface area contributed by atoms with Gasteiger partial charge in [0.25, 0.3) is 0 Å². The highest BCUT2D eigenvalue weighted by Crippen LogP contribution is 2.24. The van der Waals surface area contributed by atoms with Crippen LogP contribution in [0.2, 0.25) is 0 Å². The van der Waals surface area contributed by atoms with Crippen molar-refractivity contribution in [2.75, 3.05) is 5.32 Å². The van der Waals surface area contributed by atoms with E-state index in [1.165, 1.54) is 24.3 Å². The van der Waals surface area contributed by atoms with Crippen LogP contribution in [0.4, 0.5) is 20.2 Å². The monoisotopic (exact) mass is 278 g/mol. The van der Waals surface area contributed by atoms with Crippen LogP contribution in [0.1, 0.15) is 11.1 Å². The molecule has 2 aromatic rings. The number of rotatable bonds is 3. The molecule has 0 spiro atoms. The largest absolute Gasteiger partial charge is 0.389 e. The Kier molecular flexibility index (Phi) is 3.76. The number of halogens is 2. The first-order chi connectivity index (χ1) is 8.97. The Bertz CT molecular complexity index is 621. The number of hydrogen-bond acceptors (Lipinski definition) is 2. The van der Waals surface area contributed by atoms with Gasteiger partial charge >= 0.3 is 0 Å². The summed E-state index contributed by atoms with van der Waals surface area (Å²) in [5.74, 6) is -0.874. The summed E-state index contributed by atoms with van der Waals surface area (Å²) in [5, 5.41) is 2.93. The predicted molar refractivity (Wildman–Crippen MR) is 76.7 cm³/mol. The third-order valence-electron chi connectivity index (χ3n) is 2.58. The van der Waals surface area contributed by atoms with Gasteiger partial charge in [0, 0.05) is 5.69 Å². The highest BCUT2D eigenvalue weighted by molar-refractivity contribution is 7.80. The van der Waals surface area contributed by atoms with Gasteiger partial charge in [-0.1, -0.05) is 18.3 Å². The summed E-state index contributed by atoms with van der Waals surface area (Å²) in [6.07, 6.45) is 0. The molecule has 5 heteroatoms. The number of nitrogens with two attached hydrogens (primary N) is 1. The number of thiocarbonyl (C=S) groups is 1. The number of benzene rings is 2. The summed E-state index contributed by atoms with van der Waals surface area (Å²) in [7, 11) is 0. The van der Waals surface area contributed by atoms with Gasteiger partial charge in [0.2, 0.25) is 0 Å². The summed E-state index contributed by atoms with van der Waals surface area (Å²) < 4.78 is 27.0. The third kappa shape index (κ3) is 3.06. The van der Waals surface area contributed by atoms with E-state index in [4.69, 9.17) is 18.0 Å². The summed E-state index contributed by atoms with van der Waals surface area (Å²) >= 11 is 4.83. The molecule has 2 aromatic carbocycles. The van der Waals surface area contributed by atoms with Gasteiger partial charge in [0.1, 0.15) is 16.6 Å². The first kappa shape index (κ1) is 13.4. The van der Waals surface area contributed by atoms with Crippen LogP contribution < -0.4 is 11.1 Å². The van der Waals surface area contributed by atoms with Crippen LogP contribution in [0.5, 0.6) is 0 Å². The van der Waals surface area contributed by atoms with Gasteiger partial charge in [-0.05, 0) is 42.8 Å². The van der Waals surface area contributed by atoms with Gasteiger partial charge in [0.15, 0.2) is 0 Å². The first-order valence-electron chi connectivity index (χ1n) is 5.60. The molecule has 0 fully saturated rings. The van der Waals surface area contributed by atoms with E-state index in [0.717, 1.165) is 5.56 Å². The Labute approximate surface area is 115 Å². The van der Waals surface area contributed by atoms with Gasteiger partial charge in [0.05, 0.1) is 11.3 Å². The normalized spacial score (nSPS) is 10.3. The molecule has 0 radical (unpaired) electrons. The van der Waals surface area contributed by atoms with Gasteiger partial charge in [-0.3, -0.25) is 0 Å². The van der Waals surface area contributed by atoms with E-state index in [9.17, 15) is 8.78 Å². The van der Waals surface area contributed by atoms with E-state index in [-0.39, 0.29) is 16.4 Å². The lowest BCUT2D eigenvalue weighted by Gasteiger charge is -2.12. The minimum Gasteiger partial charge on any atom is -0.389 e. The van der Waals surface area contributed by atoms with Crippen molar-refractivity contribution in [1.29, 1.82) is 0 Å². The average molecular weight is 278 g/mol. The number of hydrogen-bond donors (Lipinski definition) is 2. The van der Waals surface area contributed by atoms with E-state index >= 15 is 0 Å². The van der Waals surface area contributed by atoms with E-state index in [1.54, 1.807) is 19.1 Å². The highest BCUT2D eigenvalue weighted by atomic mass is 32.1. The molecule has 0 atom stereocenters. The topological polar surface area (TPSA) is 38.0 Å². The molecule has 0 amide bonds. The standard InChI is InChI=1S/C14H12F2N2S/c1-8-5-9(15)7-10(6-8)18-12-4-2-3-11(16)13(12)14(17)19/h2-7,18H,1H3,(H2,17,19). The smallest absolute Gasteiger partial charge is 0.135 e. The second kappa shape index (κ2) is 5.32. The molecule has 0 aliphatic heterocycles. The highest BCUT2D eigenvalue weighted by Gasteiger charge is 2.11. The van der Waals surface area contributed by atoms with E-state index < -0.39 is 5.82 Å². The Morgan fingerprint density at radius 2 is 1.95 bits per heavy atom. The van der Waals surface area contributed by atoms with E-state index in [2.05, 4.69) is 5.32 Å². The van der Waals surface area contributed by atoms with Crippen LogP contribution in [0.3, 0.4) is 0 Å². The zero-order valence-corrected chi connectivity index (χ0v) is 11.0. The van der Waals surface area contributed by atoms with Gasteiger partial charge in [-0.2, -0.15) is 0 Å². The molecule has 0 saturated carbocycles. The molecule has 0 saturated heterocycles. The summed E-state index contributed by atoms with van der Waals surface area (Å²) in [4.78, 5) is -0.0475. The molecular formula is C14H12F2N2S. The van der Waals surface area contributed by atoms with E-state index in [0.29, 0.717) is 11.4 Å². The molecule has 0 heterocycles. The third-order valence-corrected chi connectivity index (χ3v) is 2.79. The Morgan fingerprint density at radius 3 is 2.58 bits per heavy atom. The molecule has 0 aliphatic rings. The quantitative estimate of drug-likeness (QED) is 0.842. The second-order valence-electron chi connectivity index (χ2n) is 4.17. The maximum absolute atomic E-state index is 13.7. The molecule has 19 heavy (non-hydrogen) atoms. The van der Waals surface area contributed by atoms with Crippen LogP contribution in [-0.2, 0) is 0 Å². The average Bonchev–Trinajstić information content (AvgIpc) is 2.26. The fourth-order valence-corrected chi connectivity index (χ4v) is 2.05. The minimum atomic E-state index is -0.509. The number of anilines is 2. The fraction of sp³-hybridized carbons (Fsp3) is 0.0714. The molecule has 2 rings (SSSR count). The Morgan fingerprint density at radius 1 is 1.21 bits per heavy atom.